The number of allylic oxidation sites excluding steroid dienone is 3. The van der Waals surface area contributed by atoms with Gasteiger partial charge < -0.3 is 4.90 Å². The molecule has 2 unspecified atom stereocenters. The normalized spacial score (nSPS) is 15.7. The highest BCUT2D eigenvalue weighted by Gasteiger charge is 2.47. The molecule has 0 saturated heterocycles. The van der Waals surface area contributed by atoms with Crippen LogP contribution in [0.3, 0.4) is 0 Å². The lowest BCUT2D eigenvalue weighted by atomic mass is 9.79. The molecule has 0 amide bonds. The van der Waals surface area contributed by atoms with Crippen LogP contribution in [0.15, 0.2) is 90.6 Å². The van der Waals surface area contributed by atoms with Crippen LogP contribution in [0, 0.1) is 27.4 Å². The van der Waals surface area contributed by atoms with Crippen molar-refractivity contribution in [3.63, 3.8) is 0 Å². The molecule has 402 valence electrons. The Balaban J connectivity index is 1.38. The van der Waals surface area contributed by atoms with E-state index in [1.54, 1.807) is 24.3 Å². The summed E-state index contributed by atoms with van der Waals surface area (Å²) in [7, 11) is 0. The van der Waals surface area contributed by atoms with E-state index in [4.69, 9.17) is 0 Å². The van der Waals surface area contributed by atoms with Crippen molar-refractivity contribution in [3.8, 4) is 6.07 Å². The fourth-order valence-electron chi connectivity index (χ4n) is 10.6. The highest BCUT2D eigenvalue weighted by Crippen LogP contribution is 2.33. The van der Waals surface area contributed by atoms with Gasteiger partial charge in [0.15, 0.2) is 0 Å². The SMILES string of the molecule is CCCCCCCCCCCCCCCCCCCCCCN(CCCCCCCCCCCCCCCCCCCCCC)c1ccc(C=CC2([N+](=O)[O-])C=CC(C=Cc3ccccc3)=CC2C#N)cc1. The molecule has 2 atom stereocenters. The Morgan fingerprint density at radius 2 is 0.833 bits per heavy atom. The van der Waals surface area contributed by atoms with Crippen LogP contribution in [0.2, 0.25) is 0 Å². The second-order valence-electron chi connectivity index (χ2n) is 21.8. The molecule has 1 aliphatic carbocycles. The van der Waals surface area contributed by atoms with Crippen molar-refractivity contribution in [2.45, 2.75) is 276 Å². The number of anilines is 1. The molecule has 0 N–H and O–H groups in total. The Morgan fingerprint density at radius 3 is 1.18 bits per heavy atom. The van der Waals surface area contributed by atoms with Gasteiger partial charge in [0.05, 0.1) is 6.07 Å². The summed E-state index contributed by atoms with van der Waals surface area (Å²) >= 11 is 0. The van der Waals surface area contributed by atoms with Crippen LogP contribution in [0.25, 0.3) is 12.2 Å². The average Bonchev–Trinajstić information content (AvgIpc) is 3.40. The van der Waals surface area contributed by atoms with E-state index in [0.29, 0.717) is 0 Å². The van der Waals surface area contributed by atoms with Crippen molar-refractivity contribution < 1.29 is 4.92 Å². The van der Waals surface area contributed by atoms with Gasteiger partial charge in [0.25, 0.3) is 5.54 Å². The largest absolute Gasteiger partial charge is 0.372 e. The third-order valence-electron chi connectivity index (χ3n) is 15.5. The molecule has 0 aliphatic heterocycles. The van der Waals surface area contributed by atoms with E-state index in [9.17, 15) is 15.4 Å². The zero-order valence-corrected chi connectivity index (χ0v) is 46.7. The smallest absolute Gasteiger partial charge is 0.278 e. The van der Waals surface area contributed by atoms with E-state index in [-0.39, 0.29) is 4.92 Å². The van der Waals surface area contributed by atoms with Gasteiger partial charge in [-0.15, -0.1) is 0 Å². The average molecular weight is 987 g/mol. The Hall–Kier alpha value is -3.91. The van der Waals surface area contributed by atoms with Crippen molar-refractivity contribution in [1.82, 2.24) is 0 Å². The van der Waals surface area contributed by atoms with Crippen molar-refractivity contribution in [2.24, 2.45) is 5.92 Å². The van der Waals surface area contributed by atoms with Gasteiger partial charge in [-0.25, -0.2) is 0 Å². The Bertz CT molecular complexity index is 1710. The predicted octanol–water partition coefficient (Wildman–Crippen LogP) is 21.5. The first-order valence-corrected chi connectivity index (χ1v) is 30.7. The number of benzene rings is 2. The Morgan fingerprint density at radius 1 is 0.486 bits per heavy atom. The Kier molecular flexibility index (Phi) is 37.7. The molecule has 1 aliphatic rings. The Labute approximate surface area is 444 Å². The molecule has 2 aromatic carbocycles. The fraction of sp³-hybridized carbons (Fsp3) is 0.687. The minimum Gasteiger partial charge on any atom is -0.372 e. The molecule has 5 heteroatoms. The first-order valence-electron chi connectivity index (χ1n) is 30.7. The second kappa shape index (κ2) is 43.5. The van der Waals surface area contributed by atoms with Gasteiger partial charge in [-0.2, -0.15) is 5.26 Å². The first kappa shape index (κ1) is 62.4. The number of nitrogens with zero attached hydrogens (tertiary/aromatic N) is 3. The molecule has 0 saturated carbocycles. The third-order valence-corrected chi connectivity index (χ3v) is 15.5. The summed E-state index contributed by atoms with van der Waals surface area (Å²) in [4.78, 5) is 14.9. The van der Waals surface area contributed by atoms with E-state index in [1.165, 1.54) is 263 Å². The summed E-state index contributed by atoms with van der Waals surface area (Å²) in [6, 6.07) is 20.7. The lowest BCUT2D eigenvalue weighted by molar-refractivity contribution is -0.545. The minimum absolute atomic E-state index is 0.320. The van der Waals surface area contributed by atoms with E-state index in [2.05, 4.69) is 49.1 Å². The van der Waals surface area contributed by atoms with Crippen LogP contribution < -0.4 is 4.90 Å². The van der Waals surface area contributed by atoms with Crippen LogP contribution in [-0.4, -0.2) is 23.6 Å². The second-order valence-corrected chi connectivity index (χ2v) is 21.8. The zero-order chi connectivity index (χ0) is 51.3. The van der Waals surface area contributed by atoms with E-state index < -0.39 is 11.5 Å². The number of nitriles is 1. The van der Waals surface area contributed by atoms with Gasteiger partial charge in [-0.3, -0.25) is 10.1 Å². The standard InChI is InChI=1S/C67H107N3O2/c1-3-5-7-9-11-13-15-17-19-21-23-25-27-29-31-33-35-37-39-44-58-69(59-45-40-38-36-34-32-30-28-26-24-22-20-18-16-14-12-10-8-6-4-2)66-52-50-63(51-53-66)54-56-67(70(71)72)57-55-64(60-65(67)61-68)49-48-62-46-42-41-43-47-62/h41-43,46-57,60,65H,3-40,44-45,58-59H2,1-2H3. The highest BCUT2D eigenvalue weighted by atomic mass is 16.6. The number of rotatable bonds is 48. The molecule has 5 nitrogen and oxygen atoms in total. The molecule has 0 radical (unpaired) electrons. The number of hydrogen-bond acceptors (Lipinski definition) is 4. The number of nitro groups is 1. The van der Waals surface area contributed by atoms with Gasteiger partial charge in [0, 0.05) is 23.7 Å². The van der Waals surface area contributed by atoms with E-state index in [0.717, 1.165) is 29.8 Å². The summed E-state index contributed by atoms with van der Waals surface area (Å²) in [5, 5.41) is 22.8. The van der Waals surface area contributed by atoms with Gasteiger partial charge in [0.2, 0.25) is 0 Å². The molecule has 0 bridgehead atoms. The topological polar surface area (TPSA) is 70.2 Å². The van der Waals surface area contributed by atoms with Crippen molar-refractivity contribution >= 4 is 17.8 Å². The maximum Gasteiger partial charge on any atom is 0.278 e. The molecule has 0 spiro atoms. The van der Waals surface area contributed by atoms with Crippen LogP contribution in [0.4, 0.5) is 5.69 Å². The molecular weight excluding hydrogens is 879 g/mol. The van der Waals surface area contributed by atoms with Crippen LogP contribution in [0.1, 0.15) is 282 Å². The van der Waals surface area contributed by atoms with E-state index in [1.807, 2.05) is 48.6 Å². The monoisotopic (exact) mass is 986 g/mol. The summed E-state index contributed by atoms with van der Waals surface area (Å²) in [5.74, 6) is -0.924. The molecule has 0 heterocycles. The van der Waals surface area contributed by atoms with Crippen LogP contribution >= 0.6 is 0 Å². The number of hydrogen-bond donors (Lipinski definition) is 0. The molecule has 0 fully saturated rings. The van der Waals surface area contributed by atoms with Crippen molar-refractivity contribution in [3.05, 3.63) is 112 Å². The third kappa shape index (κ3) is 29.7. The quantitative estimate of drug-likeness (QED) is 0.0376. The van der Waals surface area contributed by atoms with E-state index >= 15 is 0 Å². The molecular formula is C67H107N3O2. The van der Waals surface area contributed by atoms with Gasteiger partial charge >= 0.3 is 0 Å². The maximum absolute atomic E-state index is 12.6. The molecule has 3 rings (SSSR count). The van der Waals surface area contributed by atoms with Crippen molar-refractivity contribution in [2.75, 3.05) is 18.0 Å². The van der Waals surface area contributed by atoms with Gasteiger partial charge in [-0.1, -0.05) is 331 Å². The summed E-state index contributed by atoms with van der Waals surface area (Å²) < 4.78 is 0. The summed E-state index contributed by atoms with van der Waals surface area (Å²) in [6.45, 7) is 6.74. The number of unbranched alkanes of at least 4 members (excludes halogenated alkanes) is 38. The molecule has 0 aromatic heterocycles. The van der Waals surface area contributed by atoms with Gasteiger partial charge in [0.1, 0.15) is 5.92 Å². The maximum atomic E-state index is 12.6. The lowest BCUT2D eigenvalue weighted by Crippen LogP contribution is -2.42. The molecule has 2 aromatic rings. The fourth-order valence-corrected chi connectivity index (χ4v) is 10.6. The predicted molar refractivity (Wildman–Crippen MR) is 315 cm³/mol. The zero-order valence-electron chi connectivity index (χ0n) is 46.7. The van der Waals surface area contributed by atoms with Gasteiger partial charge in [-0.05, 0) is 53.8 Å². The van der Waals surface area contributed by atoms with Crippen molar-refractivity contribution in [1.29, 1.82) is 5.26 Å². The highest BCUT2D eigenvalue weighted by molar-refractivity contribution is 5.60. The minimum atomic E-state index is -1.62. The summed E-state index contributed by atoms with van der Waals surface area (Å²) in [5.41, 5.74) is 2.34. The van der Waals surface area contributed by atoms with Crippen LogP contribution in [0.5, 0.6) is 0 Å². The van der Waals surface area contributed by atoms with Crippen LogP contribution in [-0.2, 0) is 0 Å². The summed E-state index contributed by atoms with van der Waals surface area (Å²) in [6.07, 6.45) is 68.3. The first-order chi connectivity index (χ1) is 35.5. The lowest BCUT2D eigenvalue weighted by Gasteiger charge is -2.26. The molecule has 72 heavy (non-hydrogen) atoms.